The lowest BCUT2D eigenvalue weighted by Gasteiger charge is -2.23. The van der Waals surface area contributed by atoms with Crippen molar-refractivity contribution in [3.8, 4) is 5.69 Å². The molecule has 8 rings (SSSR count). The zero-order valence-electron chi connectivity index (χ0n) is 24.7. The Balaban J connectivity index is 0.000000145. The summed E-state index contributed by atoms with van der Waals surface area (Å²) >= 11 is 12.5. The summed E-state index contributed by atoms with van der Waals surface area (Å²) in [4.78, 5) is 23.8. The lowest BCUT2D eigenvalue weighted by Crippen LogP contribution is -2.34. The summed E-state index contributed by atoms with van der Waals surface area (Å²) in [6, 6.07) is 31.7. The molecule has 0 unspecified atom stereocenters. The Hall–Kier alpha value is -4.59. The van der Waals surface area contributed by atoms with Crippen molar-refractivity contribution in [3.63, 3.8) is 0 Å². The van der Waals surface area contributed by atoms with Gasteiger partial charge in [-0.05, 0) is 62.1 Å². The first-order chi connectivity index (χ1) is 22.0. The monoisotopic (exact) mass is 632 g/mol. The van der Waals surface area contributed by atoms with Crippen molar-refractivity contribution < 1.29 is 4.79 Å². The van der Waals surface area contributed by atoms with Crippen LogP contribution >= 0.6 is 23.2 Å². The molecule has 1 aromatic heterocycles. The van der Waals surface area contributed by atoms with Gasteiger partial charge in [-0.2, -0.15) is 0 Å². The molecule has 0 radical (unpaired) electrons. The predicted octanol–water partition coefficient (Wildman–Crippen LogP) is 7.51. The molecule has 224 valence electrons. The maximum atomic E-state index is 12.6. The Labute approximate surface area is 271 Å². The van der Waals surface area contributed by atoms with Crippen molar-refractivity contribution in [1.82, 2.24) is 14.8 Å². The van der Waals surface area contributed by atoms with Crippen LogP contribution in [0.2, 0.25) is 10.0 Å². The number of aryl methyl sites for hydroxylation is 1. The van der Waals surface area contributed by atoms with Crippen LogP contribution in [0.3, 0.4) is 0 Å². The van der Waals surface area contributed by atoms with Gasteiger partial charge in [-0.25, -0.2) is 0 Å². The Bertz CT molecular complexity index is 1950. The molecule has 0 spiro atoms. The van der Waals surface area contributed by atoms with E-state index >= 15 is 0 Å². The molecule has 1 aliphatic carbocycles. The summed E-state index contributed by atoms with van der Waals surface area (Å²) in [6.45, 7) is 3.41. The molecule has 2 aliphatic heterocycles. The van der Waals surface area contributed by atoms with Gasteiger partial charge in [0, 0.05) is 38.8 Å². The fourth-order valence-corrected chi connectivity index (χ4v) is 6.12. The second-order valence-electron chi connectivity index (χ2n) is 11.3. The summed E-state index contributed by atoms with van der Waals surface area (Å²) < 4.78 is 2.05. The number of carbonyl (C=O) groups excluding carboxylic acids is 1. The van der Waals surface area contributed by atoms with Gasteiger partial charge in [-0.3, -0.25) is 19.3 Å². The van der Waals surface area contributed by atoms with E-state index in [1.54, 1.807) is 0 Å². The zero-order valence-corrected chi connectivity index (χ0v) is 26.2. The quantitative estimate of drug-likeness (QED) is 0.206. The first kappa shape index (κ1) is 29.1. The Morgan fingerprint density at radius 1 is 0.711 bits per heavy atom. The van der Waals surface area contributed by atoms with Crippen molar-refractivity contribution in [2.45, 2.75) is 26.3 Å². The van der Waals surface area contributed by atoms with E-state index in [0.717, 1.165) is 63.2 Å². The molecule has 7 nitrogen and oxygen atoms in total. The Morgan fingerprint density at radius 2 is 1.27 bits per heavy atom. The van der Waals surface area contributed by atoms with Crippen LogP contribution in [0.5, 0.6) is 0 Å². The minimum atomic E-state index is 0.0615. The van der Waals surface area contributed by atoms with Crippen LogP contribution in [0.1, 0.15) is 46.7 Å². The van der Waals surface area contributed by atoms with Gasteiger partial charge in [0.05, 0.1) is 22.8 Å². The number of carbonyl (C=O) groups is 1. The third kappa shape index (κ3) is 6.06. The average molecular weight is 634 g/mol. The fourth-order valence-electron chi connectivity index (χ4n) is 5.78. The van der Waals surface area contributed by atoms with Gasteiger partial charge < -0.3 is 4.90 Å². The van der Waals surface area contributed by atoms with Gasteiger partial charge in [-0.1, -0.05) is 83.9 Å². The largest absolute Gasteiger partial charge is 0.310 e. The highest BCUT2D eigenvalue weighted by Crippen LogP contribution is 2.35. The topological polar surface area (TPSA) is 75.7 Å². The molecule has 0 bridgehead atoms. The van der Waals surface area contributed by atoms with Gasteiger partial charge in [0.25, 0.3) is 0 Å². The summed E-state index contributed by atoms with van der Waals surface area (Å²) in [5, 5.41) is 9.76. The molecule has 1 amide bonds. The highest BCUT2D eigenvalue weighted by Gasteiger charge is 2.31. The number of aromatic nitrogens is 3. The van der Waals surface area contributed by atoms with Gasteiger partial charge in [-0.15, -0.1) is 10.2 Å². The summed E-state index contributed by atoms with van der Waals surface area (Å²) in [6.07, 6.45) is 2.41. The van der Waals surface area contributed by atoms with E-state index in [4.69, 9.17) is 28.2 Å². The third-order valence-electron chi connectivity index (χ3n) is 8.14. The summed E-state index contributed by atoms with van der Waals surface area (Å²) in [5.74, 6) is 2.38. The maximum Gasteiger partial charge on any atom is 0.248 e. The SMILES string of the molecule is Cc1nnc2n1-c1ccc(Cl)cc1C(c1ccccc1)=NC2.O=C1CN=C(c2ccccc2)c2cc(Cl)ccc2N1CC1CC1. The zero-order chi connectivity index (χ0) is 30.9. The van der Waals surface area contributed by atoms with Gasteiger partial charge in [0.1, 0.15) is 18.9 Å². The number of nitrogens with zero attached hydrogens (tertiary/aromatic N) is 6. The van der Waals surface area contributed by atoms with E-state index in [-0.39, 0.29) is 12.5 Å². The van der Waals surface area contributed by atoms with Crippen molar-refractivity contribution in [3.05, 3.63) is 141 Å². The van der Waals surface area contributed by atoms with Crippen LogP contribution in [0, 0.1) is 12.8 Å². The molecule has 5 aromatic rings. The van der Waals surface area contributed by atoms with E-state index in [2.05, 4.69) is 27.3 Å². The number of hydrogen-bond donors (Lipinski definition) is 0. The lowest BCUT2D eigenvalue weighted by molar-refractivity contribution is -0.117. The molecule has 9 heteroatoms. The first-order valence-corrected chi connectivity index (χ1v) is 15.7. The van der Waals surface area contributed by atoms with E-state index in [1.807, 2.05) is 101 Å². The number of anilines is 1. The molecular weight excluding hydrogens is 603 g/mol. The molecular formula is C36H30Cl2N6O. The van der Waals surface area contributed by atoms with Crippen molar-refractivity contribution in [1.29, 1.82) is 0 Å². The second kappa shape index (κ2) is 12.4. The molecule has 3 heterocycles. The Morgan fingerprint density at radius 3 is 1.87 bits per heavy atom. The molecule has 1 saturated carbocycles. The van der Waals surface area contributed by atoms with Crippen molar-refractivity contribution >= 4 is 46.2 Å². The number of amides is 1. The first-order valence-electron chi connectivity index (χ1n) is 15.0. The normalized spacial score (nSPS) is 15.4. The second-order valence-corrected chi connectivity index (χ2v) is 12.2. The highest BCUT2D eigenvalue weighted by atomic mass is 35.5. The number of fused-ring (bicyclic) bond motifs is 4. The predicted molar refractivity (Wildman–Crippen MR) is 180 cm³/mol. The Kier molecular flexibility index (Phi) is 8.04. The van der Waals surface area contributed by atoms with Crippen LogP contribution < -0.4 is 4.90 Å². The third-order valence-corrected chi connectivity index (χ3v) is 8.61. The highest BCUT2D eigenvalue weighted by molar-refractivity contribution is 6.32. The minimum absolute atomic E-state index is 0.0615. The standard InChI is InChI=1S/C19H17ClN2O.C17H13ClN4/c20-15-8-9-17-16(10-15)19(14-4-2-1-3-5-14)21-11-18(23)22(17)12-13-6-7-13;1-11-20-21-16-10-19-17(12-5-3-2-4-6-12)14-9-13(18)7-8-15(14)22(11)16/h1-5,8-10,13H,6-7,11-12H2;2-9H,10H2,1H3. The number of aliphatic imine (C=N–C) groups is 2. The average Bonchev–Trinajstić information content (AvgIpc) is 3.85. The molecule has 3 aliphatic rings. The molecule has 4 aromatic carbocycles. The van der Waals surface area contributed by atoms with Gasteiger partial charge in [0.2, 0.25) is 5.91 Å². The summed E-state index contributed by atoms with van der Waals surface area (Å²) in [5.41, 5.74) is 7.74. The van der Waals surface area contributed by atoms with Gasteiger partial charge >= 0.3 is 0 Å². The van der Waals surface area contributed by atoms with E-state index in [1.165, 1.54) is 12.8 Å². The number of rotatable bonds is 4. The van der Waals surface area contributed by atoms with Crippen LogP contribution in [-0.4, -0.2) is 45.2 Å². The maximum absolute atomic E-state index is 12.6. The van der Waals surface area contributed by atoms with Crippen LogP contribution in [0.25, 0.3) is 5.69 Å². The van der Waals surface area contributed by atoms with E-state index in [9.17, 15) is 4.79 Å². The molecule has 0 saturated heterocycles. The smallest absolute Gasteiger partial charge is 0.248 e. The number of halogens is 2. The number of benzene rings is 4. The molecule has 0 atom stereocenters. The van der Waals surface area contributed by atoms with Crippen LogP contribution in [-0.2, 0) is 11.3 Å². The van der Waals surface area contributed by atoms with E-state index < -0.39 is 0 Å². The van der Waals surface area contributed by atoms with Crippen LogP contribution in [0.15, 0.2) is 107 Å². The van der Waals surface area contributed by atoms with Crippen molar-refractivity contribution in [2.75, 3.05) is 18.0 Å². The fraction of sp³-hybridized carbons (Fsp3) is 0.194. The summed E-state index contributed by atoms with van der Waals surface area (Å²) in [7, 11) is 0. The molecule has 1 fully saturated rings. The van der Waals surface area contributed by atoms with E-state index in [0.29, 0.717) is 22.5 Å². The molecule has 0 N–H and O–H groups in total. The minimum Gasteiger partial charge on any atom is -0.310 e. The number of benzodiazepines with no additional fused rings is 1. The lowest BCUT2D eigenvalue weighted by atomic mass is 10.00. The molecule has 45 heavy (non-hydrogen) atoms. The van der Waals surface area contributed by atoms with Gasteiger partial charge in [0.15, 0.2) is 5.82 Å². The van der Waals surface area contributed by atoms with Crippen molar-refractivity contribution in [2.24, 2.45) is 15.9 Å². The van der Waals surface area contributed by atoms with Crippen LogP contribution in [0.4, 0.5) is 5.69 Å². The number of hydrogen-bond acceptors (Lipinski definition) is 5.